The third-order valence-corrected chi connectivity index (χ3v) is 2.10. The van der Waals surface area contributed by atoms with Gasteiger partial charge in [-0.2, -0.15) is 5.48 Å². The summed E-state index contributed by atoms with van der Waals surface area (Å²) in [6.45, 7) is 4.55. The largest absolute Gasteiger partial charge is 0.305 e. The molecule has 3 heteroatoms. The summed E-state index contributed by atoms with van der Waals surface area (Å²) in [5, 5.41) is 0. The van der Waals surface area contributed by atoms with E-state index < -0.39 is 0 Å². The molecular weight excluding hydrogens is 181 g/mol. The Labute approximate surface area is 84.0 Å². The van der Waals surface area contributed by atoms with Crippen LogP contribution < -0.4 is 5.48 Å². The molecule has 78 valence electrons. The van der Waals surface area contributed by atoms with Gasteiger partial charge in [-0.05, 0) is 23.1 Å². The van der Waals surface area contributed by atoms with Crippen LogP contribution in [0.4, 0.5) is 4.39 Å². The summed E-state index contributed by atoms with van der Waals surface area (Å²) in [6.07, 6.45) is 0. The molecule has 0 fully saturated rings. The van der Waals surface area contributed by atoms with Crippen molar-refractivity contribution < 1.29 is 9.23 Å². The monoisotopic (exact) mass is 197 g/mol. The Morgan fingerprint density at radius 2 is 2.14 bits per heavy atom. The van der Waals surface area contributed by atoms with Gasteiger partial charge in [-0.25, -0.2) is 4.39 Å². The first kappa shape index (κ1) is 11.1. The Bertz CT molecular complexity index is 299. The molecule has 0 aromatic heterocycles. The van der Waals surface area contributed by atoms with Crippen molar-refractivity contribution >= 4 is 0 Å². The van der Waals surface area contributed by atoms with Gasteiger partial charge in [-0.3, -0.25) is 0 Å². The van der Waals surface area contributed by atoms with Crippen LogP contribution in [0.3, 0.4) is 0 Å². The van der Waals surface area contributed by atoms with Crippen molar-refractivity contribution in [1.29, 1.82) is 0 Å². The Kier molecular flexibility index (Phi) is 4.04. The van der Waals surface area contributed by atoms with Crippen molar-refractivity contribution in [2.45, 2.75) is 26.3 Å². The molecule has 14 heavy (non-hydrogen) atoms. The quantitative estimate of drug-likeness (QED) is 0.749. The molecule has 1 aromatic carbocycles. The summed E-state index contributed by atoms with van der Waals surface area (Å²) < 4.78 is 13.3. The van der Waals surface area contributed by atoms with Gasteiger partial charge in [0.2, 0.25) is 0 Å². The van der Waals surface area contributed by atoms with Crippen LogP contribution in [-0.2, 0) is 11.4 Å². The normalized spacial score (nSPS) is 10.9. The first-order valence-corrected chi connectivity index (χ1v) is 4.69. The second kappa shape index (κ2) is 5.08. The van der Waals surface area contributed by atoms with E-state index in [1.807, 2.05) is 19.9 Å². The summed E-state index contributed by atoms with van der Waals surface area (Å²) in [4.78, 5) is 4.73. The van der Waals surface area contributed by atoms with Crippen LogP contribution in [0, 0.1) is 5.82 Å². The summed E-state index contributed by atoms with van der Waals surface area (Å²) >= 11 is 0. The fourth-order valence-electron chi connectivity index (χ4n) is 1.30. The first-order chi connectivity index (χ1) is 6.65. The van der Waals surface area contributed by atoms with E-state index in [2.05, 4.69) is 5.48 Å². The van der Waals surface area contributed by atoms with Crippen molar-refractivity contribution in [3.8, 4) is 0 Å². The van der Waals surface area contributed by atoms with Gasteiger partial charge >= 0.3 is 0 Å². The molecule has 0 spiro atoms. The number of nitrogens with one attached hydrogen (secondary N) is 1. The molecule has 0 aliphatic rings. The molecular formula is C11H16FNO. The van der Waals surface area contributed by atoms with Gasteiger partial charge in [-0.1, -0.05) is 26.0 Å². The summed E-state index contributed by atoms with van der Waals surface area (Å²) in [6, 6.07) is 5.13. The summed E-state index contributed by atoms with van der Waals surface area (Å²) in [5.41, 5.74) is 4.50. The zero-order chi connectivity index (χ0) is 10.6. The first-order valence-electron chi connectivity index (χ1n) is 4.69. The lowest BCUT2D eigenvalue weighted by molar-refractivity contribution is 0.0867. The minimum atomic E-state index is -0.138. The molecule has 0 atom stereocenters. The molecule has 0 amide bonds. The van der Waals surface area contributed by atoms with Gasteiger partial charge in [0, 0.05) is 6.54 Å². The van der Waals surface area contributed by atoms with E-state index in [0.29, 0.717) is 6.54 Å². The second-order valence-electron chi connectivity index (χ2n) is 3.54. The minimum Gasteiger partial charge on any atom is -0.305 e. The van der Waals surface area contributed by atoms with E-state index in [4.69, 9.17) is 4.84 Å². The number of halogens is 1. The molecule has 0 aliphatic carbocycles. The van der Waals surface area contributed by atoms with Crippen LogP contribution in [0.1, 0.15) is 30.9 Å². The zero-order valence-corrected chi connectivity index (χ0v) is 8.80. The van der Waals surface area contributed by atoms with Crippen LogP contribution in [0.2, 0.25) is 0 Å². The number of hydrogen-bond acceptors (Lipinski definition) is 2. The van der Waals surface area contributed by atoms with E-state index in [0.717, 1.165) is 11.1 Å². The lowest BCUT2D eigenvalue weighted by Crippen LogP contribution is -2.11. The van der Waals surface area contributed by atoms with Crippen LogP contribution in [0.15, 0.2) is 18.2 Å². The number of rotatable bonds is 4. The second-order valence-corrected chi connectivity index (χ2v) is 3.54. The molecule has 1 N–H and O–H groups in total. The van der Waals surface area contributed by atoms with Crippen molar-refractivity contribution in [2.75, 3.05) is 7.11 Å². The van der Waals surface area contributed by atoms with Crippen molar-refractivity contribution in [3.05, 3.63) is 35.1 Å². The molecule has 0 bridgehead atoms. The van der Waals surface area contributed by atoms with E-state index >= 15 is 0 Å². The third-order valence-electron chi connectivity index (χ3n) is 2.10. The fourth-order valence-corrected chi connectivity index (χ4v) is 1.30. The highest BCUT2D eigenvalue weighted by Crippen LogP contribution is 2.19. The average molecular weight is 197 g/mol. The van der Waals surface area contributed by atoms with Crippen molar-refractivity contribution in [2.24, 2.45) is 0 Å². The van der Waals surface area contributed by atoms with Gasteiger partial charge in [0.25, 0.3) is 0 Å². The summed E-state index contributed by atoms with van der Waals surface area (Å²) in [7, 11) is 1.56. The molecule has 0 radical (unpaired) electrons. The van der Waals surface area contributed by atoms with Gasteiger partial charge in [0.05, 0.1) is 7.11 Å². The Morgan fingerprint density at radius 3 is 2.71 bits per heavy atom. The molecule has 1 rings (SSSR count). The number of hydroxylamine groups is 1. The SMILES string of the molecule is CONCc1ccc(F)c(C(C)C)c1. The predicted octanol–water partition coefficient (Wildman–Crippen LogP) is 2.60. The maximum Gasteiger partial charge on any atom is 0.126 e. The lowest BCUT2D eigenvalue weighted by atomic mass is 10.0. The van der Waals surface area contributed by atoms with Gasteiger partial charge in [-0.15, -0.1) is 0 Å². The van der Waals surface area contributed by atoms with E-state index in [-0.39, 0.29) is 11.7 Å². The lowest BCUT2D eigenvalue weighted by Gasteiger charge is -2.09. The van der Waals surface area contributed by atoms with E-state index in [1.165, 1.54) is 6.07 Å². The van der Waals surface area contributed by atoms with Crippen LogP contribution in [-0.4, -0.2) is 7.11 Å². The maximum atomic E-state index is 13.3. The number of benzene rings is 1. The fraction of sp³-hybridized carbons (Fsp3) is 0.455. The highest BCUT2D eigenvalue weighted by atomic mass is 19.1. The molecule has 0 saturated heterocycles. The highest BCUT2D eigenvalue weighted by Gasteiger charge is 2.06. The standard InChI is InChI=1S/C11H16FNO/c1-8(2)10-6-9(7-13-14-3)4-5-11(10)12/h4-6,8,13H,7H2,1-3H3. The smallest absolute Gasteiger partial charge is 0.126 e. The van der Waals surface area contributed by atoms with Crippen molar-refractivity contribution in [3.63, 3.8) is 0 Å². The van der Waals surface area contributed by atoms with Gasteiger partial charge < -0.3 is 4.84 Å². The maximum absolute atomic E-state index is 13.3. The molecule has 2 nitrogen and oxygen atoms in total. The van der Waals surface area contributed by atoms with E-state index in [9.17, 15) is 4.39 Å². The molecule has 0 saturated carbocycles. The molecule has 0 unspecified atom stereocenters. The Morgan fingerprint density at radius 1 is 1.43 bits per heavy atom. The Hall–Kier alpha value is -0.930. The van der Waals surface area contributed by atoms with Crippen LogP contribution in [0.25, 0.3) is 0 Å². The van der Waals surface area contributed by atoms with Crippen LogP contribution in [0.5, 0.6) is 0 Å². The average Bonchev–Trinajstić information content (AvgIpc) is 2.16. The molecule has 1 aromatic rings. The number of hydrogen-bond donors (Lipinski definition) is 1. The minimum absolute atomic E-state index is 0.138. The van der Waals surface area contributed by atoms with Gasteiger partial charge in [0.15, 0.2) is 0 Å². The molecule has 0 heterocycles. The van der Waals surface area contributed by atoms with Gasteiger partial charge in [0.1, 0.15) is 5.82 Å². The van der Waals surface area contributed by atoms with E-state index in [1.54, 1.807) is 13.2 Å². The summed E-state index contributed by atoms with van der Waals surface area (Å²) in [5.74, 6) is 0.0682. The zero-order valence-electron chi connectivity index (χ0n) is 8.80. The van der Waals surface area contributed by atoms with Crippen LogP contribution >= 0.6 is 0 Å². The topological polar surface area (TPSA) is 21.3 Å². The molecule has 0 aliphatic heterocycles. The third kappa shape index (κ3) is 2.79. The van der Waals surface area contributed by atoms with Crippen molar-refractivity contribution in [1.82, 2.24) is 5.48 Å². The predicted molar refractivity (Wildman–Crippen MR) is 54.3 cm³/mol. The Balaban J connectivity index is 2.83. The highest BCUT2D eigenvalue weighted by molar-refractivity contribution is 5.27.